The summed E-state index contributed by atoms with van der Waals surface area (Å²) in [4.78, 5) is 8.28. The molecule has 2 heteroatoms. The minimum absolute atomic E-state index is 0.897. The molecule has 0 bridgehead atoms. The number of fused-ring (bicyclic) bond motifs is 1. The smallest absolute Gasteiger partial charge is 0.0893 e. The largest absolute Gasteiger partial charge is 0.253 e. The van der Waals surface area contributed by atoms with Gasteiger partial charge in [0.2, 0.25) is 0 Å². The van der Waals surface area contributed by atoms with Gasteiger partial charge in [-0.05, 0) is 24.3 Å². The lowest BCUT2D eigenvalue weighted by atomic mass is 10.4. The number of hydrogen-bond acceptors (Lipinski definition) is 2. The Hall–Kier alpha value is -1.66. The Labute approximate surface area is 77.7 Å². The Kier molecular flexibility index (Phi) is 3.68. The molecule has 0 radical (unpaired) electrons. The Morgan fingerprint density at radius 2 is 1.38 bits per heavy atom. The highest BCUT2D eigenvalue weighted by atomic mass is 14.7. The summed E-state index contributed by atoms with van der Waals surface area (Å²) in [6.45, 7) is 4.00. The molecule has 66 valence electrons. The predicted molar refractivity (Wildman–Crippen MR) is 54.2 cm³/mol. The zero-order chi connectivity index (χ0) is 9.52. The van der Waals surface area contributed by atoms with Crippen molar-refractivity contribution in [2.75, 3.05) is 0 Å². The van der Waals surface area contributed by atoms with Gasteiger partial charge in [0.05, 0.1) is 10.7 Å². The van der Waals surface area contributed by atoms with E-state index in [1.807, 2.05) is 38.2 Å². The van der Waals surface area contributed by atoms with Crippen LogP contribution in [0.5, 0.6) is 0 Å². The number of nitrogens with zero attached hydrogens (tertiary/aromatic N) is 2. The molecule has 1 aromatic heterocycles. The van der Waals surface area contributed by atoms with Crippen molar-refractivity contribution in [3.8, 4) is 0 Å². The molecule has 0 N–H and O–H groups in total. The van der Waals surface area contributed by atoms with E-state index in [4.69, 9.17) is 0 Å². The van der Waals surface area contributed by atoms with Crippen LogP contribution in [0, 0.1) is 0 Å². The van der Waals surface area contributed by atoms with Crippen molar-refractivity contribution in [2.24, 2.45) is 0 Å². The van der Waals surface area contributed by atoms with Gasteiger partial charge in [-0.15, -0.1) is 5.73 Å². The van der Waals surface area contributed by atoms with Crippen LogP contribution in [0.1, 0.15) is 13.8 Å². The van der Waals surface area contributed by atoms with Crippen molar-refractivity contribution < 1.29 is 0 Å². The zero-order valence-corrected chi connectivity index (χ0v) is 7.86. The van der Waals surface area contributed by atoms with Crippen LogP contribution in [-0.4, -0.2) is 9.97 Å². The van der Waals surface area contributed by atoms with Crippen LogP contribution in [-0.2, 0) is 0 Å². The molecule has 1 aliphatic carbocycles. The molecule has 0 fully saturated rings. The molecule has 1 aliphatic rings. The second-order valence-electron chi connectivity index (χ2n) is 2.16. The van der Waals surface area contributed by atoms with E-state index in [1.54, 1.807) is 12.4 Å². The monoisotopic (exact) mass is 172 g/mol. The van der Waals surface area contributed by atoms with Gasteiger partial charge in [0.25, 0.3) is 0 Å². The van der Waals surface area contributed by atoms with E-state index >= 15 is 0 Å². The lowest BCUT2D eigenvalue weighted by molar-refractivity contribution is 1.10. The summed E-state index contributed by atoms with van der Waals surface area (Å²) in [6, 6.07) is 0. The van der Waals surface area contributed by atoms with E-state index in [2.05, 4.69) is 15.7 Å². The van der Waals surface area contributed by atoms with Gasteiger partial charge in [0.15, 0.2) is 0 Å². The van der Waals surface area contributed by atoms with Crippen LogP contribution >= 0.6 is 0 Å². The van der Waals surface area contributed by atoms with Gasteiger partial charge >= 0.3 is 0 Å². The fourth-order valence-corrected chi connectivity index (χ4v) is 0.926. The van der Waals surface area contributed by atoms with Crippen LogP contribution < -0.4 is 10.7 Å². The fraction of sp³-hybridized carbons (Fsp3) is 0.182. The van der Waals surface area contributed by atoms with Crippen LogP contribution in [0.3, 0.4) is 0 Å². The van der Waals surface area contributed by atoms with E-state index in [-0.39, 0.29) is 0 Å². The SMILES string of the molecule is C1=CC=c2nccnc2=CC=1.CC. The van der Waals surface area contributed by atoms with Gasteiger partial charge in [-0.25, -0.2) is 0 Å². The van der Waals surface area contributed by atoms with Crippen molar-refractivity contribution >= 4 is 12.2 Å². The molecule has 0 amide bonds. The first-order valence-corrected chi connectivity index (χ1v) is 4.37. The Morgan fingerprint density at radius 3 is 1.85 bits per heavy atom. The quantitative estimate of drug-likeness (QED) is 0.541. The molecule has 0 saturated heterocycles. The Morgan fingerprint density at radius 1 is 0.923 bits per heavy atom. The summed E-state index contributed by atoms with van der Waals surface area (Å²) in [7, 11) is 0. The molecule has 0 unspecified atom stereocenters. The van der Waals surface area contributed by atoms with Gasteiger partial charge in [-0.2, -0.15) is 0 Å². The summed E-state index contributed by atoms with van der Waals surface area (Å²) in [5, 5.41) is 1.79. The van der Waals surface area contributed by atoms with Crippen molar-refractivity contribution in [1.82, 2.24) is 9.97 Å². The first kappa shape index (κ1) is 9.43. The Bertz CT molecular complexity index is 398. The number of hydrogen-bond donors (Lipinski definition) is 0. The van der Waals surface area contributed by atoms with Gasteiger partial charge in [0, 0.05) is 12.4 Å². The predicted octanol–water partition coefficient (Wildman–Crippen LogP) is 0.789. The van der Waals surface area contributed by atoms with Gasteiger partial charge in [-0.1, -0.05) is 13.8 Å². The van der Waals surface area contributed by atoms with Gasteiger partial charge in [-0.3, -0.25) is 9.97 Å². The summed E-state index contributed by atoms with van der Waals surface area (Å²) >= 11 is 0. The lowest BCUT2D eigenvalue weighted by Crippen LogP contribution is -2.29. The topological polar surface area (TPSA) is 25.8 Å². The summed E-state index contributed by atoms with van der Waals surface area (Å²) < 4.78 is 0. The molecule has 0 atom stereocenters. The third-order valence-electron chi connectivity index (χ3n) is 1.43. The fourth-order valence-electron chi connectivity index (χ4n) is 0.926. The van der Waals surface area contributed by atoms with E-state index in [1.165, 1.54) is 0 Å². The molecule has 0 spiro atoms. The maximum atomic E-state index is 4.14. The zero-order valence-electron chi connectivity index (χ0n) is 7.86. The van der Waals surface area contributed by atoms with E-state index in [0.717, 1.165) is 10.7 Å². The van der Waals surface area contributed by atoms with Crippen LogP contribution in [0.2, 0.25) is 0 Å². The van der Waals surface area contributed by atoms with Crippen molar-refractivity contribution in [3.05, 3.63) is 41.0 Å². The number of rotatable bonds is 0. The molecule has 1 aromatic rings. The first-order chi connectivity index (χ1) is 6.47. The molecule has 0 saturated carbocycles. The average Bonchev–Trinajstić information content (AvgIpc) is 2.45. The van der Waals surface area contributed by atoms with Crippen molar-refractivity contribution in [2.45, 2.75) is 13.8 Å². The van der Waals surface area contributed by atoms with Crippen LogP contribution in [0.4, 0.5) is 0 Å². The maximum Gasteiger partial charge on any atom is 0.0893 e. The van der Waals surface area contributed by atoms with E-state index in [0.29, 0.717) is 0 Å². The lowest BCUT2D eigenvalue weighted by Gasteiger charge is -1.83. The third kappa shape index (κ3) is 2.39. The van der Waals surface area contributed by atoms with Crippen molar-refractivity contribution in [1.29, 1.82) is 0 Å². The third-order valence-corrected chi connectivity index (χ3v) is 1.43. The minimum Gasteiger partial charge on any atom is -0.253 e. The molecular weight excluding hydrogens is 160 g/mol. The highest BCUT2D eigenvalue weighted by Gasteiger charge is 1.84. The maximum absolute atomic E-state index is 4.14. The second-order valence-corrected chi connectivity index (χ2v) is 2.16. The summed E-state index contributed by atoms with van der Waals surface area (Å²) in [5.74, 6) is 0. The standard InChI is InChI=1S/C9H6N2.C2H6/c1-2-4-8-9(5-3-1)11-7-6-10-8;1-2/h2-7H;1-2H3. The van der Waals surface area contributed by atoms with E-state index in [9.17, 15) is 0 Å². The summed E-state index contributed by atoms with van der Waals surface area (Å²) in [6.07, 6.45) is 10.8. The molecule has 0 aliphatic heterocycles. The molecule has 2 nitrogen and oxygen atoms in total. The normalized spacial score (nSPS) is 11.2. The second kappa shape index (κ2) is 5.07. The molecule has 13 heavy (non-hydrogen) atoms. The molecule has 0 aromatic carbocycles. The molecule has 2 rings (SSSR count). The van der Waals surface area contributed by atoms with Crippen LogP contribution in [0.15, 0.2) is 30.3 Å². The highest BCUT2D eigenvalue weighted by molar-refractivity contribution is 5.43. The van der Waals surface area contributed by atoms with Crippen molar-refractivity contribution in [3.63, 3.8) is 0 Å². The van der Waals surface area contributed by atoms with Gasteiger partial charge < -0.3 is 0 Å². The number of allylic oxidation sites excluding steroid dienone is 1. The van der Waals surface area contributed by atoms with Crippen LogP contribution in [0.25, 0.3) is 12.2 Å². The number of aromatic nitrogens is 2. The molecular formula is C11H12N2. The van der Waals surface area contributed by atoms with Gasteiger partial charge in [0.1, 0.15) is 0 Å². The molecule has 1 heterocycles. The Balaban J connectivity index is 0.000000396. The average molecular weight is 172 g/mol. The van der Waals surface area contributed by atoms with E-state index < -0.39 is 0 Å². The highest BCUT2D eigenvalue weighted by Crippen LogP contribution is 1.75. The minimum atomic E-state index is 0.897. The first-order valence-electron chi connectivity index (χ1n) is 4.37. The summed E-state index contributed by atoms with van der Waals surface area (Å²) in [5.41, 5.74) is 2.95.